The summed E-state index contributed by atoms with van der Waals surface area (Å²) in [6.45, 7) is 6.24. The quantitative estimate of drug-likeness (QED) is 0.395. The van der Waals surface area contributed by atoms with Crippen molar-refractivity contribution >= 4 is 45.7 Å². The molecule has 1 aromatic carbocycles. The first-order chi connectivity index (χ1) is 14.5. The van der Waals surface area contributed by atoms with E-state index in [0.29, 0.717) is 16.0 Å². The van der Waals surface area contributed by atoms with E-state index in [9.17, 15) is 4.79 Å². The molecule has 2 heterocycles. The van der Waals surface area contributed by atoms with Gasteiger partial charge in [0, 0.05) is 12.2 Å². The molecule has 2 fully saturated rings. The summed E-state index contributed by atoms with van der Waals surface area (Å²) in [7, 11) is 0. The number of carbonyl (C=O) groups is 1. The number of thioether (sulfide) groups is 1. The zero-order valence-corrected chi connectivity index (χ0v) is 19.2. The lowest BCUT2D eigenvalue weighted by Crippen LogP contribution is -2.40. The van der Waals surface area contributed by atoms with Crippen molar-refractivity contribution in [3.63, 3.8) is 0 Å². The summed E-state index contributed by atoms with van der Waals surface area (Å²) in [4.78, 5) is 25.1. The second kappa shape index (κ2) is 8.94. The number of allylic oxidation sites excluding steroid dienone is 1. The number of nitrogens with zero attached hydrogens (tertiary/aromatic N) is 3. The Morgan fingerprint density at radius 2 is 1.93 bits per heavy atom. The normalized spacial score (nSPS) is 20.9. The Morgan fingerprint density at radius 1 is 1.17 bits per heavy atom. The highest BCUT2D eigenvalue weighted by atomic mass is 35.5. The Kier molecular flexibility index (Phi) is 6.30. The first-order valence-electron chi connectivity index (χ1n) is 10.4. The van der Waals surface area contributed by atoms with Crippen LogP contribution in [0, 0.1) is 13.8 Å². The van der Waals surface area contributed by atoms with E-state index >= 15 is 0 Å². The maximum Gasteiger partial charge on any atom is 0.267 e. The molecule has 0 unspecified atom stereocenters. The smallest absolute Gasteiger partial charge is 0.267 e. The van der Waals surface area contributed by atoms with Gasteiger partial charge in [-0.25, -0.2) is 9.98 Å². The summed E-state index contributed by atoms with van der Waals surface area (Å²) in [5, 5.41) is 1.06. The molecule has 0 bridgehead atoms. The van der Waals surface area contributed by atoms with Crippen LogP contribution in [0.1, 0.15) is 55.7 Å². The largest absolute Gasteiger partial charge is 0.283 e. The minimum Gasteiger partial charge on any atom is -0.283 e. The minimum absolute atomic E-state index is 0.0568. The molecule has 1 aromatic heterocycles. The molecule has 4 rings (SSSR count). The fraction of sp³-hybridized carbons (Fsp3) is 0.375. The summed E-state index contributed by atoms with van der Waals surface area (Å²) in [6.07, 6.45) is 7.21. The van der Waals surface area contributed by atoms with E-state index in [4.69, 9.17) is 16.6 Å². The standard InChI is InChI=1S/C24H26ClN3OS/c1-15-11-12-18(14-16(15)2)17(3)21-23(29)28(19-8-5-4-6-9-19)24(30-21)27-20-10-7-13-26-22(20)25/h7,10-14,19H,4-6,8-9H2,1-3H3/b21-17-,27-24?. The van der Waals surface area contributed by atoms with Crippen molar-refractivity contribution in [3.8, 4) is 0 Å². The molecule has 0 atom stereocenters. The SMILES string of the molecule is C/C(=C1/SC(=Nc2cccnc2Cl)N(C2CCCCC2)C1=O)c1ccc(C)c(C)c1. The number of benzene rings is 1. The van der Waals surface area contributed by atoms with E-state index < -0.39 is 0 Å². The molecule has 2 aromatic rings. The molecule has 0 radical (unpaired) electrons. The number of pyridine rings is 1. The third-order valence-corrected chi connectivity index (χ3v) is 7.44. The van der Waals surface area contributed by atoms with E-state index in [2.05, 4.69) is 37.0 Å². The second-order valence-corrected chi connectivity index (χ2v) is 9.37. The van der Waals surface area contributed by atoms with Gasteiger partial charge in [0.05, 0.1) is 4.91 Å². The molecule has 6 heteroatoms. The van der Waals surface area contributed by atoms with Crippen molar-refractivity contribution in [2.45, 2.75) is 58.9 Å². The Hall–Kier alpha value is -2.11. The molecule has 4 nitrogen and oxygen atoms in total. The van der Waals surface area contributed by atoms with Crippen molar-refractivity contribution in [2.24, 2.45) is 4.99 Å². The number of rotatable bonds is 3. The molecule has 1 saturated heterocycles. The van der Waals surface area contributed by atoms with Crippen molar-refractivity contribution < 1.29 is 4.79 Å². The van der Waals surface area contributed by atoms with Crippen LogP contribution >= 0.6 is 23.4 Å². The molecule has 30 heavy (non-hydrogen) atoms. The maximum atomic E-state index is 13.6. The summed E-state index contributed by atoms with van der Waals surface area (Å²) in [5.74, 6) is 0.0568. The predicted molar refractivity (Wildman–Crippen MR) is 126 cm³/mol. The van der Waals surface area contributed by atoms with Crippen LogP contribution in [-0.4, -0.2) is 27.0 Å². The Labute approximate surface area is 187 Å². The maximum absolute atomic E-state index is 13.6. The number of amides is 1. The zero-order chi connectivity index (χ0) is 21.3. The second-order valence-electron chi connectivity index (χ2n) is 8.03. The van der Waals surface area contributed by atoms with Crippen molar-refractivity contribution in [3.05, 3.63) is 63.3 Å². The lowest BCUT2D eigenvalue weighted by atomic mass is 9.94. The van der Waals surface area contributed by atoms with Crippen LogP contribution < -0.4 is 0 Å². The predicted octanol–water partition coefficient (Wildman–Crippen LogP) is 6.68. The molecule has 1 amide bonds. The number of hydrogen-bond acceptors (Lipinski definition) is 4. The number of hydrogen-bond donors (Lipinski definition) is 0. The van der Waals surface area contributed by atoms with Crippen molar-refractivity contribution in [1.82, 2.24) is 9.88 Å². The first kappa shape index (κ1) is 21.1. The van der Waals surface area contributed by atoms with E-state index in [1.165, 1.54) is 29.3 Å². The van der Waals surface area contributed by atoms with Gasteiger partial charge in [0.2, 0.25) is 0 Å². The molecule has 2 aliphatic rings. The average Bonchev–Trinajstić information content (AvgIpc) is 3.07. The number of aryl methyl sites for hydroxylation is 2. The van der Waals surface area contributed by atoms with Gasteiger partial charge in [-0.05, 0) is 79.8 Å². The average molecular weight is 440 g/mol. The highest BCUT2D eigenvalue weighted by Crippen LogP contribution is 2.41. The first-order valence-corrected chi connectivity index (χ1v) is 11.6. The fourth-order valence-electron chi connectivity index (χ4n) is 4.03. The van der Waals surface area contributed by atoms with Crippen LogP contribution in [-0.2, 0) is 4.79 Å². The van der Waals surface area contributed by atoms with Crippen molar-refractivity contribution in [1.29, 1.82) is 0 Å². The molecule has 1 saturated carbocycles. The van der Waals surface area contributed by atoms with E-state index in [-0.39, 0.29) is 11.9 Å². The number of aromatic nitrogens is 1. The highest BCUT2D eigenvalue weighted by Gasteiger charge is 2.39. The topological polar surface area (TPSA) is 45.6 Å². The molecule has 156 valence electrons. The number of amidine groups is 1. The van der Waals surface area contributed by atoms with E-state index in [1.54, 1.807) is 6.20 Å². The van der Waals surface area contributed by atoms with Gasteiger partial charge in [0.25, 0.3) is 5.91 Å². The molecular weight excluding hydrogens is 414 g/mol. The zero-order valence-electron chi connectivity index (χ0n) is 17.6. The van der Waals surface area contributed by atoms with Crippen LogP contribution in [0.2, 0.25) is 5.15 Å². The number of halogens is 1. The van der Waals surface area contributed by atoms with Crippen molar-refractivity contribution in [2.75, 3.05) is 0 Å². The van der Waals surface area contributed by atoms with Gasteiger partial charge in [-0.15, -0.1) is 0 Å². The Balaban J connectivity index is 1.77. The Morgan fingerprint density at radius 3 is 2.63 bits per heavy atom. The number of carbonyl (C=O) groups excluding carboxylic acids is 1. The summed E-state index contributed by atoms with van der Waals surface area (Å²) in [6, 6.07) is 10.2. The lowest BCUT2D eigenvalue weighted by molar-refractivity contribution is -0.124. The molecular formula is C24H26ClN3OS. The van der Waals surface area contributed by atoms with Crippen LogP contribution in [0.3, 0.4) is 0 Å². The van der Waals surface area contributed by atoms with Gasteiger partial charge >= 0.3 is 0 Å². The molecule has 0 spiro atoms. The van der Waals surface area contributed by atoms with E-state index in [0.717, 1.165) is 41.7 Å². The molecule has 0 N–H and O–H groups in total. The lowest BCUT2D eigenvalue weighted by Gasteiger charge is -2.30. The Bertz CT molecular complexity index is 1040. The van der Waals surface area contributed by atoms with Crippen LogP contribution in [0.4, 0.5) is 5.69 Å². The highest BCUT2D eigenvalue weighted by molar-refractivity contribution is 8.18. The van der Waals surface area contributed by atoms with Gasteiger partial charge in [-0.3, -0.25) is 9.69 Å². The summed E-state index contributed by atoms with van der Waals surface area (Å²) < 4.78 is 0. The van der Waals surface area contributed by atoms with Crippen LogP contribution in [0.15, 0.2) is 46.4 Å². The van der Waals surface area contributed by atoms with Gasteiger partial charge in [-0.1, -0.05) is 49.1 Å². The van der Waals surface area contributed by atoms with E-state index in [1.807, 2.05) is 24.0 Å². The molecule has 1 aliphatic carbocycles. The minimum atomic E-state index is 0.0568. The number of aliphatic imine (C=N–C) groups is 1. The van der Waals surface area contributed by atoms with Crippen LogP contribution in [0.5, 0.6) is 0 Å². The summed E-state index contributed by atoms with van der Waals surface area (Å²) in [5.41, 5.74) is 5.15. The van der Waals surface area contributed by atoms with Gasteiger partial charge in [-0.2, -0.15) is 0 Å². The third-order valence-electron chi connectivity index (χ3n) is 5.99. The fourth-order valence-corrected chi connectivity index (χ4v) is 5.30. The van der Waals surface area contributed by atoms with Crippen LogP contribution in [0.25, 0.3) is 5.57 Å². The monoisotopic (exact) mass is 439 g/mol. The summed E-state index contributed by atoms with van der Waals surface area (Å²) >= 11 is 7.71. The van der Waals surface area contributed by atoms with Gasteiger partial charge in [0.1, 0.15) is 5.69 Å². The third kappa shape index (κ3) is 4.19. The molecule has 1 aliphatic heterocycles. The van der Waals surface area contributed by atoms with Gasteiger partial charge in [0.15, 0.2) is 10.3 Å². The van der Waals surface area contributed by atoms with Gasteiger partial charge < -0.3 is 0 Å².